The Bertz CT molecular complexity index is 925. The molecule has 0 aliphatic heterocycles. The average Bonchev–Trinajstić information content (AvgIpc) is 2.58. The van der Waals surface area contributed by atoms with Gasteiger partial charge in [0.05, 0.1) is 9.79 Å². The SMILES string of the molecule is Cc1ccc(C)c(S(=O)(=O)c2ccc(-c3ccccc3)cc2)c1. The van der Waals surface area contributed by atoms with E-state index in [4.69, 9.17) is 0 Å². The van der Waals surface area contributed by atoms with Gasteiger partial charge in [-0.1, -0.05) is 54.6 Å². The number of hydrogen-bond acceptors (Lipinski definition) is 2. The first kappa shape index (κ1) is 15.5. The molecule has 2 nitrogen and oxygen atoms in total. The van der Waals surface area contributed by atoms with E-state index in [1.165, 1.54) is 0 Å². The molecule has 0 heterocycles. The van der Waals surface area contributed by atoms with Crippen LogP contribution in [0.5, 0.6) is 0 Å². The van der Waals surface area contributed by atoms with Gasteiger partial charge in [-0.3, -0.25) is 0 Å². The number of aryl methyl sites for hydroxylation is 2. The average molecular weight is 322 g/mol. The molecule has 0 aliphatic carbocycles. The maximum atomic E-state index is 12.9. The molecule has 23 heavy (non-hydrogen) atoms. The lowest BCUT2D eigenvalue weighted by atomic mass is 10.1. The Morgan fingerprint density at radius 2 is 1.30 bits per heavy atom. The molecule has 0 saturated heterocycles. The van der Waals surface area contributed by atoms with Gasteiger partial charge in [-0.05, 0) is 54.3 Å². The van der Waals surface area contributed by atoms with Crippen LogP contribution in [0.1, 0.15) is 11.1 Å². The van der Waals surface area contributed by atoms with E-state index in [1.807, 2.05) is 68.4 Å². The maximum absolute atomic E-state index is 12.9. The lowest BCUT2D eigenvalue weighted by Gasteiger charge is -2.10. The van der Waals surface area contributed by atoms with E-state index in [0.717, 1.165) is 22.3 Å². The van der Waals surface area contributed by atoms with Crippen LogP contribution in [-0.2, 0) is 9.84 Å². The lowest BCUT2D eigenvalue weighted by Crippen LogP contribution is -2.04. The van der Waals surface area contributed by atoms with Gasteiger partial charge in [-0.15, -0.1) is 0 Å². The van der Waals surface area contributed by atoms with Crippen LogP contribution in [0.4, 0.5) is 0 Å². The van der Waals surface area contributed by atoms with Crippen LogP contribution in [0.3, 0.4) is 0 Å². The Hall–Kier alpha value is -2.39. The zero-order valence-corrected chi connectivity index (χ0v) is 14.0. The molecular weight excluding hydrogens is 304 g/mol. The standard InChI is InChI=1S/C20H18O2S/c1-15-8-9-16(2)20(14-15)23(21,22)19-12-10-18(11-13-19)17-6-4-3-5-7-17/h3-14H,1-2H3. The van der Waals surface area contributed by atoms with Crippen molar-refractivity contribution >= 4 is 9.84 Å². The summed E-state index contributed by atoms with van der Waals surface area (Å²) in [5.74, 6) is 0. The van der Waals surface area contributed by atoms with Crippen molar-refractivity contribution < 1.29 is 8.42 Å². The second-order valence-corrected chi connectivity index (χ2v) is 7.58. The second-order valence-electron chi connectivity index (χ2n) is 5.66. The smallest absolute Gasteiger partial charge is 0.206 e. The molecule has 116 valence electrons. The Balaban J connectivity index is 2.03. The molecule has 3 rings (SSSR count). The summed E-state index contributed by atoms with van der Waals surface area (Å²) in [4.78, 5) is 0.704. The summed E-state index contributed by atoms with van der Waals surface area (Å²) in [6, 6.07) is 22.5. The molecule has 0 saturated carbocycles. The minimum atomic E-state index is -3.49. The third-order valence-corrected chi connectivity index (χ3v) is 5.82. The number of rotatable bonds is 3. The van der Waals surface area contributed by atoms with Crippen molar-refractivity contribution in [2.75, 3.05) is 0 Å². The number of benzene rings is 3. The first-order valence-corrected chi connectivity index (χ1v) is 8.94. The molecular formula is C20H18O2S. The molecule has 0 fully saturated rings. The van der Waals surface area contributed by atoms with E-state index >= 15 is 0 Å². The predicted molar refractivity (Wildman–Crippen MR) is 93.2 cm³/mol. The minimum Gasteiger partial charge on any atom is -0.219 e. The van der Waals surface area contributed by atoms with E-state index in [2.05, 4.69) is 0 Å². The van der Waals surface area contributed by atoms with E-state index in [0.29, 0.717) is 9.79 Å². The molecule has 0 N–H and O–H groups in total. The first-order valence-electron chi connectivity index (χ1n) is 7.46. The molecule has 0 unspecified atom stereocenters. The molecule has 0 radical (unpaired) electrons. The van der Waals surface area contributed by atoms with Gasteiger partial charge in [-0.25, -0.2) is 8.42 Å². The third kappa shape index (κ3) is 3.06. The van der Waals surface area contributed by atoms with Gasteiger partial charge >= 0.3 is 0 Å². The van der Waals surface area contributed by atoms with Gasteiger partial charge in [0.2, 0.25) is 9.84 Å². The van der Waals surface area contributed by atoms with Crippen molar-refractivity contribution in [3.05, 3.63) is 83.9 Å². The van der Waals surface area contributed by atoms with Gasteiger partial charge in [0, 0.05) is 0 Å². The monoisotopic (exact) mass is 322 g/mol. The summed E-state index contributed by atoms with van der Waals surface area (Å²) in [6.45, 7) is 3.72. The van der Waals surface area contributed by atoms with E-state index < -0.39 is 9.84 Å². The zero-order chi connectivity index (χ0) is 16.4. The highest BCUT2D eigenvalue weighted by atomic mass is 32.2. The van der Waals surface area contributed by atoms with Crippen LogP contribution in [0.25, 0.3) is 11.1 Å². The summed E-state index contributed by atoms with van der Waals surface area (Å²) >= 11 is 0. The summed E-state index contributed by atoms with van der Waals surface area (Å²) in [6.07, 6.45) is 0. The number of hydrogen-bond donors (Lipinski definition) is 0. The van der Waals surface area contributed by atoms with Crippen LogP contribution in [0.2, 0.25) is 0 Å². The van der Waals surface area contributed by atoms with Gasteiger partial charge in [0.1, 0.15) is 0 Å². The molecule has 0 atom stereocenters. The molecule has 0 aromatic heterocycles. The van der Waals surface area contributed by atoms with Gasteiger partial charge in [-0.2, -0.15) is 0 Å². The Morgan fingerprint density at radius 3 is 1.96 bits per heavy atom. The van der Waals surface area contributed by atoms with Gasteiger partial charge in [0.15, 0.2) is 0 Å². The van der Waals surface area contributed by atoms with Crippen molar-refractivity contribution in [2.45, 2.75) is 23.6 Å². The summed E-state index contributed by atoms with van der Waals surface area (Å²) < 4.78 is 25.7. The zero-order valence-electron chi connectivity index (χ0n) is 13.2. The molecule has 0 spiro atoms. The van der Waals surface area contributed by atoms with Crippen molar-refractivity contribution in [1.29, 1.82) is 0 Å². The van der Waals surface area contributed by atoms with E-state index in [1.54, 1.807) is 18.2 Å². The topological polar surface area (TPSA) is 34.1 Å². The Morgan fingerprint density at radius 1 is 0.696 bits per heavy atom. The summed E-state index contributed by atoms with van der Waals surface area (Å²) in [5, 5.41) is 0. The highest BCUT2D eigenvalue weighted by Gasteiger charge is 2.20. The van der Waals surface area contributed by atoms with E-state index in [9.17, 15) is 8.42 Å². The second kappa shape index (κ2) is 6.01. The predicted octanol–water partition coefficient (Wildman–Crippen LogP) is 4.80. The summed E-state index contributed by atoms with van der Waals surface area (Å²) in [7, 11) is -3.49. The quantitative estimate of drug-likeness (QED) is 0.694. The van der Waals surface area contributed by atoms with Crippen molar-refractivity contribution in [1.82, 2.24) is 0 Å². The van der Waals surface area contributed by atoms with E-state index in [-0.39, 0.29) is 0 Å². The third-order valence-electron chi connectivity index (χ3n) is 3.90. The largest absolute Gasteiger partial charge is 0.219 e. The van der Waals surface area contributed by atoms with Crippen molar-refractivity contribution in [3.8, 4) is 11.1 Å². The minimum absolute atomic E-state index is 0.325. The van der Waals surface area contributed by atoms with Gasteiger partial charge < -0.3 is 0 Å². The van der Waals surface area contributed by atoms with Crippen LogP contribution in [0, 0.1) is 13.8 Å². The highest BCUT2D eigenvalue weighted by molar-refractivity contribution is 7.91. The molecule has 0 aliphatic rings. The summed E-state index contributed by atoms with van der Waals surface area (Å²) in [5.41, 5.74) is 3.78. The molecule has 0 amide bonds. The molecule has 0 bridgehead atoms. The van der Waals surface area contributed by atoms with Crippen LogP contribution in [0.15, 0.2) is 82.6 Å². The maximum Gasteiger partial charge on any atom is 0.206 e. The van der Waals surface area contributed by atoms with Crippen molar-refractivity contribution in [2.24, 2.45) is 0 Å². The Kier molecular flexibility index (Phi) is 4.05. The first-order chi connectivity index (χ1) is 11.0. The molecule has 3 aromatic rings. The number of sulfone groups is 1. The Labute approximate surface area is 137 Å². The van der Waals surface area contributed by atoms with Gasteiger partial charge in [0.25, 0.3) is 0 Å². The molecule has 3 heteroatoms. The fraction of sp³-hybridized carbons (Fsp3) is 0.100. The molecule has 3 aromatic carbocycles. The van der Waals surface area contributed by atoms with Crippen LogP contribution in [-0.4, -0.2) is 8.42 Å². The fourth-order valence-corrected chi connectivity index (χ4v) is 4.16. The van der Waals surface area contributed by atoms with Crippen LogP contribution < -0.4 is 0 Å². The highest BCUT2D eigenvalue weighted by Crippen LogP contribution is 2.27. The van der Waals surface area contributed by atoms with Crippen LogP contribution >= 0.6 is 0 Å². The fourth-order valence-electron chi connectivity index (χ4n) is 2.58. The normalized spacial score (nSPS) is 11.4. The van der Waals surface area contributed by atoms with Crippen molar-refractivity contribution in [3.63, 3.8) is 0 Å². The lowest BCUT2D eigenvalue weighted by molar-refractivity contribution is 0.595.